The average molecular weight is 468 g/mol. The minimum Gasteiger partial charge on any atom is -0.466 e. The molecule has 1 unspecified atom stereocenters. The molecule has 0 saturated carbocycles. The van der Waals surface area contributed by atoms with E-state index in [1.165, 1.54) is 17.9 Å². The second-order valence-corrected chi connectivity index (χ2v) is 7.10. The predicted molar refractivity (Wildman–Crippen MR) is 106 cm³/mol. The Morgan fingerprint density at radius 1 is 1.24 bits per heavy atom. The van der Waals surface area contributed by atoms with E-state index in [0.717, 1.165) is 24.5 Å². The Hall–Kier alpha value is -3.97. The van der Waals surface area contributed by atoms with E-state index in [-0.39, 0.29) is 41.1 Å². The van der Waals surface area contributed by atoms with Gasteiger partial charge in [0.25, 0.3) is 5.56 Å². The van der Waals surface area contributed by atoms with E-state index in [2.05, 4.69) is 29.7 Å². The number of hydrogen-bond donors (Lipinski definition) is 2. The Morgan fingerprint density at radius 3 is 2.76 bits per heavy atom. The number of alkyl halides is 4. The van der Waals surface area contributed by atoms with Gasteiger partial charge in [0.2, 0.25) is 5.88 Å². The third-order valence-corrected chi connectivity index (χ3v) is 4.70. The summed E-state index contributed by atoms with van der Waals surface area (Å²) in [5.74, 6) is -3.61. The SMILES string of the molecule is Cc1nc(-c2c[nH]c(=O)[nH]c2=O)cc(N2CC(Oc3cc(OC(F)F)ccn3)C(F)(F)C2)n1. The van der Waals surface area contributed by atoms with Gasteiger partial charge in [0.1, 0.15) is 17.4 Å². The fourth-order valence-electron chi connectivity index (χ4n) is 3.28. The molecule has 1 saturated heterocycles. The van der Waals surface area contributed by atoms with Gasteiger partial charge in [-0.25, -0.2) is 28.5 Å². The average Bonchev–Trinajstić information content (AvgIpc) is 3.01. The normalized spacial score (nSPS) is 17.4. The highest BCUT2D eigenvalue weighted by atomic mass is 19.3. The molecular formula is C19H16F4N6O4. The summed E-state index contributed by atoms with van der Waals surface area (Å²) in [7, 11) is 0. The smallest absolute Gasteiger partial charge is 0.387 e. The van der Waals surface area contributed by atoms with Crippen LogP contribution in [0.3, 0.4) is 0 Å². The van der Waals surface area contributed by atoms with Crippen molar-refractivity contribution in [3.8, 4) is 22.9 Å². The number of aromatic nitrogens is 5. The number of nitrogens with one attached hydrogen (secondary N) is 2. The number of H-pyrrole nitrogens is 2. The van der Waals surface area contributed by atoms with Crippen LogP contribution >= 0.6 is 0 Å². The van der Waals surface area contributed by atoms with Gasteiger partial charge in [-0.05, 0) is 13.0 Å². The topological polar surface area (TPSA) is 126 Å². The summed E-state index contributed by atoms with van der Waals surface area (Å²) in [6.07, 6.45) is 0.596. The second-order valence-electron chi connectivity index (χ2n) is 7.10. The summed E-state index contributed by atoms with van der Waals surface area (Å²) in [6, 6.07) is 3.46. The molecule has 3 aromatic rings. The van der Waals surface area contributed by atoms with Crippen molar-refractivity contribution in [1.82, 2.24) is 24.9 Å². The van der Waals surface area contributed by atoms with Crippen molar-refractivity contribution < 1.29 is 27.0 Å². The molecule has 0 spiro atoms. The van der Waals surface area contributed by atoms with Crippen LogP contribution in [-0.4, -0.2) is 56.6 Å². The fraction of sp³-hybridized carbons (Fsp3) is 0.316. The van der Waals surface area contributed by atoms with Gasteiger partial charge >= 0.3 is 18.2 Å². The van der Waals surface area contributed by atoms with E-state index in [1.54, 1.807) is 0 Å². The van der Waals surface area contributed by atoms with Gasteiger partial charge in [0, 0.05) is 24.5 Å². The third kappa shape index (κ3) is 4.94. The number of hydrogen-bond acceptors (Lipinski definition) is 8. The van der Waals surface area contributed by atoms with E-state index >= 15 is 0 Å². The monoisotopic (exact) mass is 468 g/mol. The molecular weight excluding hydrogens is 452 g/mol. The Labute approximate surface area is 182 Å². The van der Waals surface area contributed by atoms with Gasteiger partial charge in [-0.1, -0.05) is 0 Å². The number of halogens is 4. The maximum atomic E-state index is 14.7. The van der Waals surface area contributed by atoms with Crippen LogP contribution in [0.15, 0.2) is 40.2 Å². The number of pyridine rings is 1. The van der Waals surface area contributed by atoms with Crippen molar-refractivity contribution in [3.05, 3.63) is 57.3 Å². The first-order chi connectivity index (χ1) is 15.6. The van der Waals surface area contributed by atoms with Crippen molar-refractivity contribution in [3.63, 3.8) is 0 Å². The molecule has 174 valence electrons. The molecule has 14 heteroatoms. The fourth-order valence-corrected chi connectivity index (χ4v) is 3.28. The number of aromatic amines is 2. The molecule has 1 aliphatic rings. The van der Waals surface area contributed by atoms with Crippen LogP contribution in [0.25, 0.3) is 11.3 Å². The number of ether oxygens (including phenoxy) is 2. The predicted octanol–water partition coefficient (Wildman–Crippen LogP) is 1.73. The van der Waals surface area contributed by atoms with E-state index in [9.17, 15) is 27.2 Å². The van der Waals surface area contributed by atoms with Crippen molar-refractivity contribution in [2.75, 3.05) is 18.0 Å². The van der Waals surface area contributed by atoms with Crippen molar-refractivity contribution in [2.45, 2.75) is 25.6 Å². The van der Waals surface area contributed by atoms with Crippen LogP contribution in [0.2, 0.25) is 0 Å². The van der Waals surface area contributed by atoms with Gasteiger partial charge in [-0.2, -0.15) is 8.78 Å². The molecule has 4 rings (SSSR count). The first-order valence-electron chi connectivity index (χ1n) is 9.49. The highest BCUT2D eigenvalue weighted by Crippen LogP contribution is 2.34. The molecule has 0 bridgehead atoms. The van der Waals surface area contributed by atoms with E-state index in [1.807, 2.05) is 0 Å². The lowest BCUT2D eigenvalue weighted by molar-refractivity contribution is -0.0623. The molecule has 3 aromatic heterocycles. The van der Waals surface area contributed by atoms with Gasteiger partial charge < -0.3 is 19.4 Å². The van der Waals surface area contributed by atoms with Crippen LogP contribution in [0.1, 0.15) is 5.82 Å². The lowest BCUT2D eigenvalue weighted by Gasteiger charge is -2.18. The van der Waals surface area contributed by atoms with Crippen molar-refractivity contribution >= 4 is 5.82 Å². The Kier molecular flexibility index (Phi) is 5.74. The molecule has 10 nitrogen and oxygen atoms in total. The zero-order valence-electron chi connectivity index (χ0n) is 16.9. The molecule has 33 heavy (non-hydrogen) atoms. The van der Waals surface area contributed by atoms with Gasteiger partial charge in [0.05, 0.1) is 24.3 Å². The lowest BCUT2D eigenvalue weighted by Crippen LogP contribution is -2.36. The number of rotatable bonds is 6. The Morgan fingerprint density at radius 2 is 2.03 bits per heavy atom. The summed E-state index contributed by atoms with van der Waals surface area (Å²) in [6.45, 7) is -2.64. The molecule has 1 aliphatic heterocycles. The van der Waals surface area contributed by atoms with Crippen molar-refractivity contribution in [1.29, 1.82) is 0 Å². The summed E-state index contributed by atoms with van der Waals surface area (Å²) in [4.78, 5) is 41.0. The Bertz CT molecular complexity index is 1280. The van der Waals surface area contributed by atoms with E-state index in [4.69, 9.17) is 4.74 Å². The maximum Gasteiger partial charge on any atom is 0.387 e. The van der Waals surface area contributed by atoms with Crippen LogP contribution in [-0.2, 0) is 0 Å². The quantitative estimate of drug-likeness (QED) is 0.524. The molecule has 0 aliphatic carbocycles. The molecule has 4 heterocycles. The summed E-state index contributed by atoms with van der Waals surface area (Å²) >= 11 is 0. The van der Waals surface area contributed by atoms with E-state index < -0.39 is 36.4 Å². The zero-order chi connectivity index (χ0) is 23.8. The first kappa shape index (κ1) is 22.2. The second kappa shape index (κ2) is 8.52. The largest absolute Gasteiger partial charge is 0.466 e. The summed E-state index contributed by atoms with van der Waals surface area (Å²) < 4.78 is 63.7. The summed E-state index contributed by atoms with van der Waals surface area (Å²) in [5, 5.41) is 0. The lowest BCUT2D eigenvalue weighted by atomic mass is 10.2. The van der Waals surface area contributed by atoms with Crippen LogP contribution in [0, 0.1) is 6.92 Å². The highest BCUT2D eigenvalue weighted by molar-refractivity contribution is 5.61. The number of nitrogens with zero attached hydrogens (tertiary/aromatic N) is 4. The van der Waals surface area contributed by atoms with Gasteiger partial charge in [0.15, 0.2) is 6.10 Å². The van der Waals surface area contributed by atoms with E-state index in [0.29, 0.717) is 0 Å². The standard InChI is InChI=1S/C19H16F4N6O4/c1-9-26-12(11-6-25-18(31)28-16(11)30)5-14(27-9)29-7-13(19(22,23)8-29)33-15-4-10(2-3-24-15)32-17(20)21/h2-6,13,17H,7-8H2,1H3,(H2,25,28,30,31). The highest BCUT2D eigenvalue weighted by Gasteiger charge is 2.50. The van der Waals surface area contributed by atoms with Crippen molar-refractivity contribution in [2.24, 2.45) is 0 Å². The van der Waals surface area contributed by atoms with Gasteiger partial charge in [-0.3, -0.25) is 9.78 Å². The number of aryl methyl sites for hydroxylation is 1. The molecule has 0 aromatic carbocycles. The molecule has 2 N–H and O–H groups in total. The summed E-state index contributed by atoms with van der Waals surface area (Å²) in [5.41, 5.74) is -1.25. The molecule has 1 atom stereocenters. The Balaban J connectivity index is 1.58. The van der Waals surface area contributed by atoms with Crippen LogP contribution in [0.5, 0.6) is 11.6 Å². The molecule has 0 amide bonds. The number of anilines is 1. The third-order valence-electron chi connectivity index (χ3n) is 4.70. The molecule has 1 fully saturated rings. The first-order valence-corrected chi connectivity index (χ1v) is 9.49. The van der Waals surface area contributed by atoms with Crippen LogP contribution < -0.4 is 25.6 Å². The zero-order valence-corrected chi connectivity index (χ0v) is 16.9. The van der Waals surface area contributed by atoms with Gasteiger partial charge in [-0.15, -0.1) is 0 Å². The minimum atomic E-state index is -3.34. The minimum absolute atomic E-state index is 0.0279. The molecule has 0 radical (unpaired) electrons. The maximum absolute atomic E-state index is 14.7. The van der Waals surface area contributed by atoms with Crippen LogP contribution in [0.4, 0.5) is 23.4 Å².